The molecule has 2 aliphatic rings. The van der Waals surface area contributed by atoms with E-state index in [1.54, 1.807) is 20.1 Å². The zero-order valence-electron chi connectivity index (χ0n) is 19.2. The number of fused-ring (bicyclic) bond motifs is 1. The van der Waals surface area contributed by atoms with Crippen LogP contribution in [0.15, 0.2) is 41.4 Å². The molecular formula is C23H32FN3O4S. The number of nitrogens with zero attached hydrogens (tertiary/aromatic N) is 2. The van der Waals surface area contributed by atoms with E-state index in [-0.39, 0.29) is 41.0 Å². The van der Waals surface area contributed by atoms with E-state index >= 15 is 0 Å². The highest BCUT2D eigenvalue weighted by Crippen LogP contribution is 2.43. The van der Waals surface area contributed by atoms with E-state index < -0.39 is 15.7 Å². The third-order valence-electron chi connectivity index (χ3n) is 6.14. The highest BCUT2D eigenvalue weighted by Gasteiger charge is 2.46. The number of alkyl halides is 1. The van der Waals surface area contributed by atoms with Crippen LogP contribution in [0.1, 0.15) is 31.0 Å². The van der Waals surface area contributed by atoms with Crippen molar-refractivity contribution >= 4 is 15.7 Å². The van der Waals surface area contributed by atoms with Crippen LogP contribution in [-0.2, 0) is 27.6 Å². The van der Waals surface area contributed by atoms with E-state index in [9.17, 15) is 12.8 Å². The van der Waals surface area contributed by atoms with Gasteiger partial charge in [-0.15, -0.1) is 0 Å². The number of anilines is 1. The molecule has 176 valence electrons. The fourth-order valence-corrected chi connectivity index (χ4v) is 5.03. The summed E-state index contributed by atoms with van der Waals surface area (Å²) in [6, 6.07) is 1.80. The van der Waals surface area contributed by atoms with Gasteiger partial charge in [-0.2, -0.15) is 0 Å². The van der Waals surface area contributed by atoms with Crippen LogP contribution in [0.3, 0.4) is 0 Å². The van der Waals surface area contributed by atoms with Crippen LogP contribution in [0, 0.1) is 0 Å². The smallest absolute Gasteiger partial charge is 0.261 e. The maximum Gasteiger partial charge on any atom is 0.261 e. The third kappa shape index (κ3) is 5.22. The molecule has 0 aromatic carbocycles. The molecule has 1 aromatic heterocycles. The molecule has 1 N–H and O–H groups in total. The number of ether oxygens (including phenoxy) is 2. The van der Waals surface area contributed by atoms with Crippen LogP contribution in [0.25, 0.3) is 0 Å². The van der Waals surface area contributed by atoms with Crippen molar-refractivity contribution in [3.8, 4) is 5.88 Å². The number of hydrogen-bond donors (Lipinski definition) is 1. The van der Waals surface area contributed by atoms with Crippen LogP contribution in [0.4, 0.5) is 10.1 Å². The minimum atomic E-state index is -3.94. The zero-order valence-corrected chi connectivity index (χ0v) is 20.0. The van der Waals surface area contributed by atoms with Crippen molar-refractivity contribution in [2.45, 2.75) is 44.4 Å². The fraction of sp³-hybridized carbons (Fsp3) is 0.522. The Hall–Kier alpha value is -2.23. The molecule has 1 fully saturated rings. The van der Waals surface area contributed by atoms with Crippen molar-refractivity contribution in [2.75, 3.05) is 39.1 Å². The van der Waals surface area contributed by atoms with Gasteiger partial charge in [0.15, 0.2) is 0 Å². The van der Waals surface area contributed by atoms with Gasteiger partial charge in [-0.1, -0.05) is 18.7 Å². The van der Waals surface area contributed by atoms with Crippen molar-refractivity contribution in [3.63, 3.8) is 0 Å². The number of sulfonamides is 1. The van der Waals surface area contributed by atoms with Crippen molar-refractivity contribution < 1.29 is 22.3 Å². The average molecular weight is 466 g/mol. The molecule has 9 heteroatoms. The molecule has 0 amide bonds. The molecule has 0 atom stereocenters. The lowest BCUT2D eigenvalue weighted by Gasteiger charge is -2.41. The molecule has 0 saturated heterocycles. The Kier molecular flexibility index (Phi) is 7.42. The molecule has 0 spiro atoms. The normalized spacial score (nSPS) is 24.5. The maximum absolute atomic E-state index is 14.8. The molecule has 1 aliphatic heterocycles. The minimum absolute atomic E-state index is 0.00148. The zero-order chi connectivity index (χ0) is 23.5. The van der Waals surface area contributed by atoms with Crippen LogP contribution < -0.4 is 9.46 Å². The largest absolute Gasteiger partial charge is 0.479 e. The Balaban J connectivity index is 1.79. The maximum atomic E-state index is 14.8. The Morgan fingerprint density at radius 1 is 1.31 bits per heavy atom. The van der Waals surface area contributed by atoms with Crippen LogP contribution in [-0.4, -0.2) is 64.4 Å². The Morgan fingerprint density at radius 2 is 2.00 bits per heavy atom. The number of aromatic nitrogens is 1. The van der Waals surface area contributed by atoms with E-state index in [4.69, 9.17) is 9.47 Å². The number of halogens is 1. The standard InChI is InChI=1S/C23H32FN3O4S/c1-6-19(8-7-16(2)23(24)14-18(15-23)30-4)32(28,29)26-21-13-17-9-11-27(3)12-10-20(17)25-22(21)31-5/h6-8,13,18,26H,2,9-12,14-15H2,1,3-5H3/b8-7-,19-6+/t18-,23-. The van der Waals surface area contributed by atoms with Gasteiger partial charge in [0.05, 0.1) is 18.1 Å². The second kappa shape index (κ2) is 9.72. The SMILES string of the molecule is C=C(/C=C\C(=C/C)S(=O)(=O)Nc1cc2c(nc1OC)CCN(C)CC2)[C@]1(F)C[C@H](OC)C1. The van der Waals surface area contributed by atoms with Crippen LogP contribution >= 0.6 is 0 Å². The van der Waals surface area contributed by atoms with Gasteiger partial charge >= 0.3 is 0 Å². The van der Waals surface area contributed by atoms with Gasteiger partial charge in [0.1, 0.15) is 11.4 Å². The van der Waals surface area contributed by atoms with Crippen molar-refractivity contribution in [1.29, 1.82) is 0 Å². The molecule has 1 saturated carbocycles. The molecular weight excluding hydrogens is 433 g/mol. The molecule has 7 nitrogen and oxygen atoms in total. The van der Waals surface area contributed by atoms with E-state index in [0.717, 1.165) is 37.2 Å². The molecule has 0 bridgehead atoms. The third-order valence-corrected chi connectivity index (χ3v) is 7.62. The predicted molar refractivity (Wildman–Crippen MR) is 124 cm³/mol. The molecule has 1 aliphatic carbocycles. The van der Waals surface area contributed by atoms with Crippen LogP contribution in [0.2, 0.25) is 0 Å². The van der Waals surface area contributed by atoms with Gasteiger partial charge in [-0.25, -0.2) is 17.8 Å². The summed E-state index contributed by atoms with van der Waals surface area (Å²) in [5.74, 6) is 0.225. The van der Waals surface area contributed by atoms with Gasteiger partial charge < -0.3 is 14.4 Å². The average Bonchev–Trinajstić information content (AvgIpc) is 2.91. The number of pyridine rings is 1. The quantitative estimate of drug-likeness (QED) is 0.593. The predicted octanol–water partition coefficient (Wildman–Crippen LogP) is 3.40. The summed E-state index contributed by atoms with van der Waals surface area (Å²) in [5.41, 5.74) is 0.861. The summed E-state index contributed by atoms with van der Waals surface area (Å²) >= 11 is 0. The second-order valence-electron chi connectivity index (χ2n) is 8.34. The van der Waals surface area contributed by atoms with E-state index in [1.807, 2.05) is 7.05 Å². The van der Waals surface area contributed by atoms with Gasteiger partial charge in [0.2, 0.25) is 5.88 Å². The Bertz CT molecular complexity index is 1030. The number of rotatable bonds is 8. The lowest BCUT2D eigenvalue weighted by molar-refractivity contribution is -0.0558. The Labute approximate surface area is 190 Å². The molecule has 32 heavy (non-hydrogen) atoms. The van der Waals surface area contributed by atoms with Crippen molar-refractivity contribution in [2.24, 2.45) is 0 Å². The fourth-order valence-electron chi connectivity index (χ4n) is 3.92. The van der Waals surface area contributed by atoms with E-state index in [0.29, 0.717) is 0 Å². The summed E-state index contributed by atoms with van der Waals surface area (Å²) in [6.45, 7) is 7.15. The first-order valence-electron chi connectivity index (χ1n) is 10.7. The van der Waals surface area contributed by atoms with Crippen LogP contribution in [0.5, 0.6) is 5.88 Å². The lowest BCUT2D eigenvalue weighted by atomic mass is 9.74. The number of methoxy groups -OCH3 is 2. The first-order chi connectivity index (χ1) is 15.1. The summed E-state index contributed by atoms with van der Waals surface area (Å²) in [6.07, 6.45) is 6.08. The van der Waals surface area contributed by atoms with Crippen molar-refractivity contribution in [3.05, 3.63) is 52.6 Å². The summed E-state index contributed by atoms with van der Waals surface area (Å²) in [5, 5.41) is 0. The molecule has 1 aromatic rings. The lowest BCUT2D eigenvalue weighted by Crippen LogP contribution is -2.45. The van der Waals surface area contributed by atoms with Gasteiger partial charge in [0.25, 0.3) is 10.0 Å². The highest BCUT2D eigenvalue weighted by atomic mass is 32.2. The summed E-state index contributed by atoms with van der Waals surface area (Å²) in [7, 11) is 1.11. The number of allylic oxidation sites excluding steroid dienone is 4. The topological polar surface area (TPSA) is 80.8 Å². The van der Waals surface area contributed by atoms with Gasteiger partial charge in [-0.3, -0.25) is 4.72 Å². The Morgan fingerprint density at radius 3 is 2.62 bits per heavy atom. The van der Waals surface area contributed by atoms with Gasteiger partial charge in [-0.05, 0) is 43.7 Å². The number of likely N-dealkylation sites (N-methyl/N-ethyl adjacent to an activating group) is 1. The number of hydrogen-bond acceptors (Lipinski definition) is 6. The molecule has 2 heterocycles. The second-order valence-corrected chi connectivity index (χ2v) is 10.0. The first kappa shape index (κ1) is 24.4. The molecule has 3 rings (SSSR count). The minimum Gasteiger partial charge on any atom is -0.479 e. The summed E-state index contributed by atoms with van der Waals surface area (Å²) < 4.78 is 54.0. The van der Waals surface area contributed by atoms with Crippen molar-refractivity contribution in [1.82, 2.24) is 9.88 Å². The van der Waals surface area contributed by atoms with E-state index in [1.165, 1.54) is 25.3 Å². The summed E-state index contributed by atoms with van der Waals surface area (Å²) in [4.78, 5) is 6.76. The van der Waals surface area contributed by atoms with E-state index in [2.05, 4.69) is 21.2 Å². The van der Waals surface area contributed by atoms with Gasteiger partial charge in [0, 0.05) is 45.2 Å². The highest BCUT2D eigenvalue weighted by molar-refractivity contribution is 7.96. The molecule has 0 unspecified atom stereocenters. The molecule has 0 radical (unpaired) electrons. The number of nitrogens with one attached hydrogen (secondary N) is 1. The monoisotopic (exact) mass is 465 g/mol. The first-order valence-corrected chi connectivity index (χ1v) is 12.1.